The number of Topliss-reactive ketones (excluding diaryl/α,β-unsaturated/α-hetero) is 1. The van der Waals surface area contributed by atoms with E-state index in [2.05, 4.69) is 0 Å². The van der Waals surface area contributed by atoms with Gasteiger partial charge in [-0.15, -0.1) is 11.6 Å². The summed E-state index contributed by atoms with van der Waals surface area (Å²) in [5, 5.41) is 0. The molecule has 0 saturated carbocycles. The van der Waals surface area contributed by atoms with E-state index < -0.39 is 0 Å². The van der Waals surface area contributed by atoms with Crippen LogP contribution in [0.2, 0.25) is 0 Å². The molecule has 1 nitrogen and oxygen atoms in total. The molecule has 1 aliphatic heterocycles. The van der Waals surface area contributed by atoms with E-state index in [0.717, 1.165) is 21.8 Å². The number of benzene rings is 1. The van der Waals surface area contributed by atoms with Gasteiger partial charge in [-0.05, 0) is 12.7 Å². The molecule has 3 heteroatoms. The van der Waals surface area contributed by atoms with E-state index in [1.54, 1.807) is 18.2 Å². The van der Waals surface area contributed by atoms with E-state index in [0.29, 0.717) is 0 Å². The standard InChI is InChI=1S/C10H9OS.Y/c1-7-2-3-10-8(6-7)9(11)4-5-12-10;/h2-4,6H,5H2,1H3;/q-1;. The Bertz CT molecular complexity index is 336. The number of thioether (sulfide) groups is 1. The Balaban J connectivity index is 0.000000845. The van der Waals surface area contributed by atoms with E-state index >= 15 is 0 Å². The van der Waals surface area contributed by atoms with Crippen molar-refractivity contribution in [1.82, 2.24) is 0 Å². The van der Waals surface area contributed by atoms with E-state index in [-0.39, 0.29) is 38.5 Å². The van der Waals surface area contributed by atoms with Crippen molar-refractivity contribution in [3.05, 3.63) is 35.7 Å². The predicted octanol–water partition coefficient (Wildman–Crippen LogP) is 2.49. The van der Waals surface area contributed by atoms with Gasteiger partial charge in [0.1, 0.15) is 0 Å². The third kappa shape index (κ3) is 2.36. The molecule has 65 valence electrons. The second-order valence-corrected chi connectivity index (χ2v) is 3.94. The molecule has 1 aliphatic rings. The fraction of sp³-hybridized carbons (Fsp3) is 0.200. The van der Waals surface area contributed by atoms with Gasteiger partial charge in [0.05, 0.1) is 0 Å². The molecule has 0 N–H and O–H groups in total. The van der Waals surface area contributed by atoms with Crippen molar-refractivity contribution in [2.24, 2.45) is 0 Å². The molecule has 1 aromatic carbocycles. The van der Waals surface area contributed by atoms with E-state index in [4.69, 9.17) is 0 Å². The van der Waals surface area contributed by atoms with Gasteiger partial charge in [0.25, 0.3) is 0 Å². The van der Waals surface area contributed by atoms with E-state index in [9.17, 15) is 4.79 Å². The van der Waals surface area contributed by atoms with Gasteiger partial charge in [0.2, 0.25) is 0 Å². The summed E-state index contributed by atoms with van der Waals surface area (Å²) in [4.78, 5) is 12.5. The van der Waals surface area contributed by atoms with Crippen LogP contribution >= 0.6 is 11.8 Å². The Morgan fingerprint density at radius 3 is 3.00 bits per heavy atom. The van der Waals surface area contributed by atoms with Crippen LogP contribution < -0.4 is 0 Å². The summed E-state index contributed by atoms with van der Waals surface area (Å²) in [6.45, 7) is 2.01. The quantitative estimate of drug-likeness (QED) is 0.671. The number of ketones is 1. The minimum atomic E-state index is 0. The first-order valence-corrected chi connectivity index (χ1v) is 4.87. The van der Waals surface area contributed by atoms with Gasteiger partial charge in [-0.2, -0.15) is 18.2 Å². The first-order valence-electron chi connectivity index (χ1n) is 3.88. The van der Waals surface area contributed by atoms with Crippen LogP contribution in [0.3, 0.4) is 0 Å². The van der Waals surface area contributed by atoms with Crippen LogP contribution in [0.1, 0.15) is 15.9 Å². The van der Waals surface area contributed by atoms with Crippen LogP contribution in [-0.2, 0) is 32.7 Å². The zero-order valence-corrected chi connectivity index (χ0v) is 11.1. The van der Waals surface area contributed by atoms with Crippen molar-refractivity contribution in [1.29, 1.82) is 0 Å². The summed E-state index contributed by atoms with van der Waals surface area (Å²) >= 11 is 1.72. The predicted molar refractivity (Wildman–Crippen MR) is 50.5 cm³/mol. The van der Waals surface area contributed by atoms with Gasteiger partial charge in [-0.25, -0.2) is 0 Å². The molecule has 0 atom stereocenters. The number of rotatable bonds is 0. The fourth-order valence-corrected chi connectivity index (χ4v) is 2.17. The Kier molecular flexibility index (Phi) is 4.02. The van der Waals surface area contributed by atoms with E-state index in [1.165, 1.54) is 0 Å². The molecule has 0 unspecified atom stereocenters. The molecule has 0 amide bonds. The molecule has 2 rings (SSSR count). The molecule has 1 radical (unpaired) electrons. The second kappa shape index (κ2) is 4.63. The van der Waals surface area contributed by atoms with Gasteiger partial charge >= 0.3 is 0 Å². The fourth-order valence-electron chi connectivity index (χ4n) is 1.28. The minimum absolute atomic E-state index is 0. The van der Waals surface area contributed by atoms with Crippen LogP contribution in [0.4, 0.5) is 0 Å². The molecule has 0 aromatic heterocycles. The van der Waals surface area contributed by atoms with Crippen LogP contribution in [-0.4, -0.2) is 11.5 Å². The maximum absolute atomic E-state index is 11.4. The molecule has 0 aliphatic carbocycles. The van der Waals surface area contributed by atoms with Crippen molar-refractivity contribution < 1.29 is 37.5 Å². The molecule has 0 bridgehead atoms. The van der Waals surface area contributed by atoms with Crippen molar-refractivity contribution in [2.45, 2.75) is 11.8 Å². The van der Waals surface area contributed by atoms with Gasteiger partial charge in [0.15, 0.2) is 0 Å². The number of hydrogen-bond donors (Lipinski definition) is 0. The van der Waals surface area contributed by atoms with Crippen molar-refractivity contribution >= 4 is 17.5 Å². The number of carbonyl (C=O) groups excluding carboxylic acids is 1. The van der Waals surface area contributed by atoms with Crippen LogP contribution in [0.15, 0.2) is 23.1 Å². The van der Waals surface area contributed by atoms with Crippen LogP contribution in [0.25, 0.3) is 0 Å². The molecular formula is C10H9OSY-. The third-order valence-corrected chi connectivity index (χ3v) is 2.91. The maximum Gasteiger partial charge on any atom is 0.0263 e. The first kappa shape index (κ1) is 11.3. The molecule has 13 heavy (non-hydrogen) atoms. The molecule has 0 fully saturated rings. The summed E-state index contributed by atoms with van der Waals surface area (Å²) in [5.41, 5.74) is 2.02. The molecule has 1 heterocycles. The van der Waals surface area contributed by atoms with Crippen molar-refractivity contribution in [3.63, 3.8) is 0 Å². The van der Waals surface area contributed by atoms with E-state index in [1.807, 2.05) is 25.1 Å². The second-order valence-electron chi connectivity index (χ2n) is 2.88. The summed E-state index contributed by atoms with van der Waals surface area (Å²) < 4.78 is 0. The van der Waals surface area contributed by atoms with Crippen LogP contribution in [0.5, 0.6) is 0 Å². The van der Waals surface area contributed by atoms with Crippen LogP contribution in [0, 0.1) is 13.3 Å². The average Bonchev–Trinajstić information content (AvgIpc) is 2.07. The Hall–Kier alpha value is 0.214. The first-order chi connectivity index (χ1) is 5.77. The summed E-state index contributed by atoms with van der Waals surface area (Å²) in [6, 6.07) is 6.03. The van der Waals surface area contributed by atoms with Gasteiger partial charge in [-0.3, -0.25) is 0 Å². The van der Waals surface area contributed by atoms with Crippen molar-refractivity contribution in [2.75, 3.05) is 5.75 Å². The largest absolute Gasteiger partial charge is 0.332 e. The monoisotopic (exact) mass is 266 g/mol. The molecule has 0 saturated heterocycles. The SMILES string of the molecule is Cc1ccc2c(c1)C(=O)[CH-]CS2.[Y]. The smallest absolute Gasteiger partial charge is 0.0263 e. The minimum Gasteiger partial charge on any atom is -0.332 e. The summed E-state index contributed by atoms with van der Waals surface area (Å²) in [7, 11) is 0. The average molecular weight is 266 g/mol. The van der Waals surface area contributed by atoms with Crippen molar-refractivity contribution in [3.8, 4) is 0 Å². The number of carbonyl (C=O) groups is 1. The molecule has 1 aromatic rings. The number of fused-ring (bicyclic) bond motifs is 1. The molecule has 0 spiro atoms. The number of hydrogen-bond acceptors (Lipinski definition) is 2. The maximum atomic E-state index is 11.4. The topological polar surface area (TPSA) is 17.1 Å². The van der Waals surface area contributed by atoms with Gasteiger partial charge in [-0.1, -0.05) is 22.6 Å². The number of aryl methyl sites for hydroxylation is 1. The van der Waals surface area contributed by atoms with Gasteiger partial charge < -0.3 is 4.79 Å². The third-order valence-electron chi connectivity index (χ3n) is 1.91. The summed E-state index contributed by atoms with van der Waals surface area (Å²) in [6.07, 6.45) is 1.74. The summed E-state index contributed by atoms with van der Waals surface area (Å²) in [5.74, 6) is 0.988. The zero-order chi connectivity index (χ0) is 8.55. The van der Waals surface area contributed by atoms with Gasteiger partial charge in [0, 0.05) is 38.5 Å². The Morgan fingerprint density at radius 1 is 1.46 bits per heavy atom. The molecular weight excluding hydrogens is 257 g/mol. The normalized spacial score (nSPS) is 14.1. The Labute approximate surface area is 108 Å². The Morgan fingerprint density at radius 2 is 2.23 bits per heavy atom. The zero-order valence-electron chi connectivity index (χ0n) is 7.41.